The van der Waals surface area contributed by atoms with Gasteiger partial charge in [-0.25, -0.2) is 0 Å². The van der Waals surface area contributed by atoms with Crippen molar-refractivity contribution in [2.45, 2.75) is 71.4 Å². The predicted octanol–water partition coefficient (Wildman–Crippen LogP) is 6.32. The van der Waals surface area contributed by atoms with Gasteiger partial charge in [-0.3, -0.25) is 4.90 Å². The van der Waals surface area contributed by atoms with Crippen molar-refractivity contribution in [3.8, 4) is 5.75 Å². The summed E-state index contributed by atoms with van der Waals surface area (Å²) in [5.74, 6) is 0.966. The molecule has 0 aliphatic heterocycles. The summed E-state index contributed by atoms with van der Waals surface area (Å²) < 4.78 is 5.66. The summed E-state index contributed by atoms with van der Waals surface area (Å²) in [7, 11) is 4.48. The van der Waals surface area contributed by atoms with Crippen molar-refractivity contribution in [1.82, 2.24) is 4.90 Å². The predicted molar refractivity (Wildman–Crippen MR) is 129 cm³/mol. The zero-order valence-electron chi connectivity index (χ0n) is 19.9. The Bertz CT molecular complexity index is 784. The van der Waals surface area contributed by atoms with Gasteiger partial charge in [-0.05, 0) is 108 Å². The quantitative estimate of drug-likeness (QED) is 0.508. The topological polar surface area (TPSA) is 15.7 Å². The molecule has 1 fully saturated rings. The van der Waals surface area contributed by atoms with Gasteiger partial charge in [0.25, 0.3) is 0 Å². The second kappa shape index (κ2) is 9.87. The molecule has 164 valence electrons. The van der Waals surface area contributed by atoms with Crippen molar-refractivity contribution in [3.63, 3.8) is 0 Å². The molecule has 0 N–H and O–H groups in total. The summed E-state index contributed by atoms with van der Waals surface area (Å²) in [5.41, 5.74) is 5.65. The van der Waals surface area contributed by atoms with Crippen LogP contribution >= 0.6 is 0 Å². The fraction of sp³-hybridized carbons (Fsp3) is 0.556. The zero-order chi connectivity index (χ0) is 21.7. The van der Waals surface area contributed by atoms with E-state index in [1.807, 2.05) is 6.92 Å². The molecule has 0 bridgehead atoms. The molecule has 30 heavy (non-hydrogen) atoms. The number of hydrogen-bond acceptors (Lipinski definition) is 3. The normalized spacial score (nSPS) is 21.6. The first-order valence-corrected chi connectivity index (χ1v) is 11.7. The van der Waals surface area contributed by atoms with E-state index in [4.69, 9.17) is 4.74 Å². The molecule has 3 heteroatoms. The van der Waals surface area contributed by atoms with Crippen LogP contribution in [0.15, 0.2) is 42.5 Å². The van der Waals surface area contributed by atoms with E-state index in [0.717, 1.165) is 12.3 Å². The molecule has 2 aromatic rings. The number of ether oxygens (including phenoxy) is 1. The SMILES string of the molecule is CCCN(c1cc(C)cc(C)c1)C1CCC(c2ccc(OCC)cc2)(N(C)C)CC1. The van der Waals surface area contributed by atoms with Gasteiger partial charge in [-0.15, -0.1) is 0 Å². The highest BCUT2D eigenvalue weighted by molar-refractivity contribution is 5.52. The van der Waals surface area contributed by atoms with Gasteiger partial charge in [0.15, 0.2) is 0 Å². The lowest BCUT2D eigenvalue weighted by atomic mass is 9.73. The largest absolute Gasteiger partial charge is 0.494 e. The van der Waals surface area contributed by atoms with Crippen molar-refractivity contribution < 1.29 is 4.74 Å². The molecule has 0 spiro atoms. The molecule has 0 amide bonds. The highest BCUT2D eigenvalue weighted by Crippen LogP contribution is 2.43. The number of benzene rings is 2. The summed E-state index contributed by atoms with van der Waals surface area (Å²) in [6.45, 7) is 10.6. The fourth-order valence-corrected chi connectivity index (χ4v) is 5.29. The average molecular weight is 409 g/mol. The lowest BCUT2D eigenvalue weighted by Gasteiger charge is -2.48. The number of nitrogens with zero attached hydrogens (tertiary/aromatic N) is 2. The molecule has 3 rings (SSSR count). The van der Waals surface area contributed by atoms with Gasteiger partial charge in [0.05, 0.1) is 6.61 Å². The van der Waals surface area contributed by atoms with Gasteiger partial charge >= 0.3 is 0 Å². The minimum atomic E-state index is 0.113. The van der Waals surface area contributed by atoms with Gasteiger partial charge in [0, 0.05) is 23.8 Å². The maximum atomic E-state index is 5.66. The van der Waals surface area contributed by atoms with Crippen molar-refractivity contribution in [1.29, 1.82) is 0 Å². The minimum Gasteiger partial charge on any atom is -0.494 e. The van der Waals surface area contributed by atoms with Crippen LogP contribution in [-0.4, -0.2) is 38.2 Å². The third kappa shape index (κ3) is 4.83. The second-order valence-corrected chi connectivity index (χ2v) is 9.15. The Balaban J connectivity index is 1.81. The Kier molecular flexibility index (Phi) is 7.46. The third-order valence-corrected chi connectivity index (χ3v) is 6.78. The first-order chi connectivity index (χ1) is 14.4. The maximum absolute atomic E-state index is 5.66. The van der Waals surface area contributed by atoms with E-state index < -0.39 is 0 Å². The molecule has 0 saturated heterocycles. The number of hydrogen-bond donors (Lipinski definition) is 0. The van der Waals surface area contributed by atoms with Gasteiger partial charge in [0.1, 0.15) is 5.75 Å². The van der Waals surface area contributed by atoms with E-state index in [1.54, 1.807) is 0 Å². The fourth-order valence-electron chi connectivity index (χ4n) is 5.29. The maximum Gasteiger partial charge on any atom is 0.119 e. The highest BCUT2D eigenvalue weighted by Gasteiger charge is 2.40. The molecule has 2 aromatic carbocycles. The Morgan fingerprint density at radius 3 is 2.03 bits per heavy atom. The molecular formula is C27H40N2O. The van der Waals surface area contributed by atoms with Crippen LogP contribution in [0, 0.1) is 13.8 Å². The molecule has 1 aliphatic rings. The molecule has 0 atom stereocenters. The first-order valence-electron chi connectivity index (χ1n) is 11.7. The summed E-state index contributed by atoms with van der Waals surface area (Å²) in [5, 5.41) is 0. The molecule has 0 unspecified atom stereocenters. The average Bonchev–Trinajstić information content (AvgIpc) is 2.72. The van der Waals surface area contributed by atoms with E-state index in [2.05, 4.69) is 87.1 Å². The van der Waals surface area contributed by atoms with E-state index in [0.29, 0.717) is 12.6 Å². The van der Waals surface area contributed by atoms with Crippen molar-refractivity contribution >= 4 is 5.69 Å². The molecule has 0 heterocycles. The van der Waals surface area contributed by atoms with Gasteiger partial charge < -0.3 is 9.64 Å². The monoisotopic (exact) mass is 408 g/mol. The third-order valence-electron chi connectivity index (χ3n) is 6.78. The Labute approximate surface area is 184 Å². The molecule has 0 radical (unpaired) electrons. The summed E-state index contributed by atoms with van der Waals surface area (Å²) in [4.78, 5) is 5.12. The highest BCUT2D eigenvalue weighted by atomic mass is 16.5. The zero-order valence-corrected chi connectivity index (χ0v) is 19.9. The second-order valence-electron chi connectivity index (χ2n) is 9.15. The first kappa shape index (κ1) is 22.7. The lowest BCUT2D eigenvalue weighted by Crippen LogP contribution is -2.49. The Hall–Kier alpha value is -2.00. The molecule has 1 aliphatic carbocycles. The van der Waals surface area contributed by atoms with E-state index >= 15 is 0 Å². The summed E-state index contributed by atoms with van der Waals surface area (Å²) in [6.07, 6.45) is 5.99. The number of rotatable bonds is 8. The van der Waals surface area contributed by atoms with Crippen molar-refractivity contribution in [3.05, 3.63) is 59.2 Å². The lowest BCUT2D eigenvalue weighted by molar-refractivity contribution is 0.0902. The van der Waals surface area contributed by atoms with Gasteiger partial charge in [0.2, 0.25) is 0 Å². The van der Waals surface area contributed by atoms with Crippen LogP contribution in [0.3, 0.4) is 0 Å². The molecular weight excluding hydrogens is 368 g/mol. The van der Waals surface area contributed by atoms with Crippen LogP contribution in [0.5, 0.6) is 5.75 Å². The molecule has 1 saturated carbocycles. The molecule has 3 nitrogen and oxygen atoms in total. The van der Waals surface area contributed by atoms with E-state index in [-0.39, 0.29) is 5.54 Å². The van der Waals surface area contributed by atoms with E-state index in [9.17, 15) is 0 Å². The Morgan fingerprint density at radius 2 is 1.53 bits per heavy atom. The number of aryl methyl sites for hydroxylation is 2. The van der Waals surface area contributed by atoms with E-state index in [1.165, 1.54) is 54.5 Å². The van der Waals surface area contributed by atoms with Crippen LogP contribution in [0.1, 0.15) is 62.6 Å². The standard InChI is InChI=1S/C27H40N2O/c1-7-17-29(25-19-21(3)18-22(4)20-25)24-13-15-27(16-14-24,28(5)6)23-9-11-26(12-10-23)30-8-2/h9-12,18-20,24H,7-8,13-17H2,1-6H3. The Morgan fingerprint density at radius 1 is 0.933 bits per heavy atom. The van der Waals surface area contributed by atoms with Gasteiger partial charge in [-0.1, -0.05) is 25.1 Å². The number of anilines is 1. The van der Waals surface area contributed by atoms with Gasteiger partial charge in [-0.2, -0.15) is 0 Å². The molecule has 0 aromatic heterocycles. The summed E-state index contributed by atoms with van der Waals surface area (Å²) in [6, 6.07) is 16.4. The van der Waals surface area contributed by atoms with Crippen molar-refractivity contribution in [2.24, 2.45) is 0 Å². The van der Waals surface area contributed by atoms with Crippen LogP contribution < -0.4 is 9.64 Å². The van der Waals surface area contributed by atoms with Crippen LogP contribution in [-0.2, 0) is 5.54 Å². The van der Waals surface area contributed by atoms with Crippen molar-refractivity contribution in [2.75, 3.05) is 32.1 Å². The van der Waals surface area contributed by atoms with Crippen LogP contribution in [0.25, 0.3) is 0 Å². The summed E-state index contributed by atoms with van der Waals surface area (Å²) >= 11 is 0. The van der Waals surface area contributed by atoms with Crippen LogP contribution in [0.2, 0.25) is 0 Å². The smallest absolute Gasteiger partial charge is 0.119 e. The minimum absolute atomic E-state index is 0.113. The van der Waals surface area contributed by atoms with Crippen LogP contribution in [0.4, 0.5) is 5.69 Å².